The van der Waals surface area contributed by atoms with Gasteiger partial charge in [-0.15, -0.1) is 0 Å². The van der Waals surface area contributed by atoms with Crippen molar-refractivity contribution in [3.8, 4) is 11.5 Å². The fourth-order valence-electron chi connectivity index (χ4n) is 3.64. The fourth-order valence-corrected chi connectivity index (χ4v) is 3.64. The lowest BCUT2D eigenvalue weighted by molar-refractivity contribution is -0.135. The first-order valence-corrected chi connectivity index (χ1v) is 9.65. The fraction of sp³-hybridized carbons (Fsp3) is 0.167. The number of ketones is 1. The van der Waals surface area contributed by atoms with Crippen LogP contribution in [0.15, 0.2) is 84.9 Å². The van der Waals surface area contributed by atoms with Crippen LogP contribution in [0.25, 0.3) is 0 Å². The molecule has 3 aromatic carbocycles. The Labute approximate surface area is 175 Å². The van der Waals surface area contributed by atoms with E-state index in [-0.39, 0.29) is 6.73 Å². The maximum atomic E-state index is 12.6. The van der Waals surface area contributed by atoms with Gasteiger partial charge in [-0.3, -0.25) is 9.59 Å². The highest BCUT2D eigenvalue weighted by atomic mass is 16.5. The molecule has 2 unspecified atom stereocenters. The van der Waals surface area contributed by atoms with E-state index < -0.39 is 17.4 Å². The number of hydrogen-bond donors (Lipinski definition) is 1. The number of rotatable bonds is 7. The summed E-state index contributed by atoms with van der Waals surface area (Å²) >= 11 is 0. The van der Waals surface area contributed by atoms with Crippen molar-refractivity contribution in [2.24, 2.45) is 0 Å². The number of ether oxygens (including phenoxy) is 2. The number of Topliss-reactive ketones (excluding diaryl/α,β-unsaturated/α-hetero) is 1. The molecular weight excluding hydrogens is 380 g/mol. The third-order valence-corrected chi connectivity index (χ3v) is 5.18. The van der Waals surface area contributed by atoms with Crippen LogP contribution in [-0.4, -0.2) is 29.9 Å². The molecule has 2 atom stereocenters. The number of benzene rings is 3. The summed E-state index contributed by atoms with van der Waals surface area (Å²) in [4.78, 5) is 23.9. The Hall–Kier alpha value is -3.48. The summed E-state index contributed by atoms with van der Waals surface area (Å²) in [5.74, 6) is 0.855. The molecule has 152 valence electrons. The molecule has 1 N–H and O–H groups in total. The normalized spacial score (nSPS) is 21.2. The summed E-state index contributed by atoms with van der Waals surface area (Å²) in [6, 6.07) is 25.5. The molecule has 1 aliphatic heterocycles. The van der Waals surface area contributed by atoms with Gasteiger partial charge in [-0.25, -0.2) is 0 Å². The van der Waals surface area contributed by atoms with Crippen molar-refractivity contribution in [1.29, 1.82) is 0 Å². The summed E-state index contributed by atoms with van der Waals surface area (Å²) in [5, 5.41) is 1.65. The summed E-state index contributed by atoms with van der Waals surface area (Å²) in [6.45, 7) is 1.97. The minimum absolute atomic E-state index is 0.151. The van der Waals surface area contributed by atoms with Crippen LogP contribution in [0.4, 0.5) is 5.69 Å². The molecule has 6 nitrogen and oxygen atoms in total. The lowest BCUT2D eigenvalue weighted by Gasteiger charge is -2.31. The number of para-hydroxylation sites is 2. The Balaban J connectivity index is 1.58. The predicted molar refractivity (Wildman–Crippen MR) is 113 cm³/mol. The second-order valence-electron chi connectivity index (χ2n) is 7.19. The summed E-state index contributed by atoms with van der Waals surface area (Å²) in [5.41, 5.74) is 3.77. The first kappa shape index (κ1) is 19.8. The summed E-state index contributed by atoms with van der Waals surface area (Å²) in [6.07, 6.45) is 0.351. The van der Waals surface area contributed by atoms with Crippen molar-refractivity contribution >= 4 is 17.8 Å². The molecule has 0 radical (unpaired) electrons. The van der Waals surface area contributed by atoms with Gasteiger partial charge in [-0.05, 0) is 48.9 Å². The number of carbonyl (C=O) groups is 2. The number of anilines is 1. The van der Waals surface area contributed by atoms with Gasteiger partial charge < -0.3 is 14.9 Å². The highest BCUT2D eigenvalue weighted by Gasteiger charge is 2.50. The molecule has 6 heteroatoms. The largest absolute Gasteiger partial charge is 0.457 e. The Bertz CT molecular complexity index is 1010. The molecule has 3 aromatic rings. The maximum Gasteiger partial charge on any atom is 0.217 e. The molecule has 1 heterocycles. The van der Waals surface area contributed by atoms with E-state index in [0.717, 1.165) is 17.0 Å². The number of nitrogens with zero attached hydrogens (tertiary/aromatic N) is 1. The number of hydrazine groups is 1. The Morgan fingerprint density at radius 1 is 1.00 bits per heavy atom. The van der Waals surface area contributed by atoms with E-state index in [9.17, 15) is 9.59 Å². The van der Waals surface area contributed by atoms with E-state index in [2.05, 4.69) is 5.43 Å². The second-order valence-corrected chi connectivity index (χ2v) is 7.19. The second kappa shape index (κ2) is 8.49. The Morgan fingerprint density at radius 2 is 1.60 bits per heavy atom. The van der Waals surface area contributed by atoms with Crippen LogP contribution in [0.5, 0.6) is 11.5 Å². The number of aldehydes is 1. The van der Waals surface area contributed by atoms with Crippen molar-refractivity contribution in [2.75, 3.05) is 12.2 Å². The maximum absolute atomic E-state index is 12.6. The SMILES string of the molecule is CC1(c2ccc(Oc3ccccc3)cc2)OCN(Nc2ccccc2)C1C(=O)C=O. The third-order valence-electron chi connectivity index (χ3n) is 5.18. The molecule has 0 saturated carbocycles. The van der Waals surface area contributed by atoms with Crippen molar-refractivity contribution in [3.05, 3.63) is 90.5 Å². The zero-order valence-electron chi connectivity index (χ0n) is 16.5. The van der Waals surface area contributed by atoms with Gasteiger partial charge in [0, 0.05) is 5.69 Å². The van der Waals surface area contributed by atoms with Crippen molar-refractivity contribution in [3.63, 3.8) is 0 Å². The van der Waals surface area contributed by atoms with Gasteiger partial charge in [0.1, 0.15) is 29.9 Å². The van der Waals surface area contributed by atoms with Crippen molar-refractivity contribution in [1.82, 2.24) is 5.01 Å². The first-order valence-electron chi connectivity index (χ1n) is 9.65. The monoisotopic (exact) mass is 402 g/mol. The van der Waals surface area contributed by atoms with Crippen molar-refractivity contribution < 1.29 is 19.1 Å². The minimum Gasteiger partial charge on any atom is -0.457 e. The molecule has 0 aromatic heterocycles. The lowest BCUT2D eigenvalue weighted by Crippen LogP contribution is -2.49. The molecule has 1 aliphatic rings. The Kier molecular flexibility index (Phi) is 5.61. The van der Waals surface area contributed by atoms with E-state index in [1.54, 1.807) is 5.01 Å². The van der Waals surface area contributed by atoms with Gasteiger partial charge in [0.15, 0.2) is 6.29 Å². The van der Waals surface area contributed by atoms with E-state index in [1.807, 2.05) is 91.9 Å². The summed E-state index contributed by atoms with van der Waals surface area (Å²) < 4.78 is 11.9. The van der Waals surface area contributed by atoms with Crippen LogP contribution in [0.2, 0.25) is 0 Å². The topological polar surface area (TPSA) is 67.9 Å². The zero-order valence-corrected chi connectivity index (χ0v) is 16.5. The zero-order chi connectivity index (χ0) is 21.0. The average molecular weight is 402 g/mol. The van der Waals surface area contributed by atoms with E-state index in [0.29, 0.717) is 12.0 Å². The van der Waals surface area contributed by atoms with E-state index in [4.69, 9.17) is 9.47 Å². The third kappa shape index (κ3) is 3.96. The molecule has 0 aliphatic carbocycles. The van der Waals surface area contributed by atoms with Gasteiger partial charge in [0.25, 0.3) is 0 Å². The number of nitrogens with one attached hydrogen (secondary N) is 1. The standard InChI is InChI=1S/C24H22N2O4/c1-24(18-12-14-21(15-13-18)30-20-10-6-3-7-11-20)23(22(28)16-27)26(17-29-24)25-19-8-4-2-5-9-19/h2-16,23,25H,17H2,1H3. The lowest BCUT2D eigenvalue weighted by atomic mass is 9.86. The van der Waals surface area contributed by atoms with Crippen LogP contribution in [-0.2, 0) is 19.9 Å². The number of carbonyl (C=O) groups excluding carboxylic acids is 2. The van der Waals surface area contributed by atoms with Gasteiger partial charge in [-0.2, -0.15) is 5.01 Å². The summed E-state index contributed by atoms with van der Waals surface area (Å²) in [7, 11) is 0. The Morgan fingerprint density at radius 3 is 2.23 bits per heavy atom. The molecule has 4 rings (SSSR count). The van der Waals surface area contributed by atoms with Crippen molar-refractivity contribution in [2.45, 2.75) is 18.6 Å². The quantitative estimate of drug-likeness (QED) is 0.473. The molecule has 1 fully saturated rings. The molecule has 0 bridgehead atoms. The van der Waals surface area contributed by atoms with Gasteiger partial charge in [0.2, 0.25) is 5.78 Å². The first-order chi connectivity index (χ1) is 14.6. The average Bonchev–Trinajstić information content (AvgIpc) is 3.12. The van der Waals surface area contributed by atoms with Gasteiger partial charge >= 0.3 is 0 Å². The molecule has 0 amide bonds. The molecule has 0 spiro atoms. The minimum atomic E-state index is -0.995. The molecular formula is C24H22N2O4. The van der Waals surface area contributed by atoms with Crippen LogP contribution in [0, 0.1) is 0 Å². The van der Waals surface area contributed by atoms with Crippen LogP contribution < -0.4 is 10.2 Å². The van der Waals surface area contributed by atoms with Gasteiger partial charge in [0.05, 0.1) is 0 Å². The van der Waals surface area contributed by atoms with E-state index in [1.165, 1.54) is 0 Å². The smallest absolute Gasteiger partial charge is 0.217 e. The molecule has 30 heavy (non-hydrogen) atoms. The highest BCUT2D eigenvalue weighted by Crippen LogP contribution is 2.39. The molecule has 1 saturated heterocycles. The van der Waals surface area contributed by atoms with Gasteiger partial charge in [-0.1, -0.05) is 48.5 Å². The predicted octanol–water partition coefficient (Wildman–Crippen LogP) is 4.15. The van der Waals surface area contributed by atoms with Crippen LogP contribution in [0.1, 0.15) is 12.5 Å². The van der Waals surface area contributed by atoms with Crippen LogP contribution in [0.3, 0.4) is 0 Å². The van der Waals surface area contributed by atoms with E-state index >= 15 is 0 Å². The van der Waals surface area contributed by atoms with Crippen LogP contribution >= 0.6 is 0 Å². The number of hydrogen-bond acceptors (Lipinski definition) is 6. The highest BCUT2D eigenvalue weighted by molar-refractivity contribution is 6.28.